The van der Waals surface area contributed by atoms with Crippen LogP contribution in [-0.2, 0) is 14.3 Å². The third-order valence-electron chi connectivity index (χ3n) is 4.02. The molecule has 1 aromatic rings. The number of rotatable bonds is 2. The summed E-state index contributed by atoms with van der Waals surface area (Å²) in [5, 5.41) is 0. The first-order valence-electron chi connectivity index (χ1n) is 8.90. The molecule has 8 heteroatoms. The Morgan fingerprint density at radius 3 is 1.30 bits per heavy atom. The maximum absolute atomic E-state index is 11.6. The molecule has 0 unspecified atom stereocenters. The van der Waals surface area contributed by atoms with Crippen LogP contribution in [0.1, 0.15) is 34.6 Å². The second kappa shape index (κ2) is 12.3. The number of amides is 4. The van der Waals surface area contributed by atoms with Crippen molar-refractivity contribution in [3.8, 4) is 0 Å². The van der Waals surface area contributed by atoms with Crippen LogP contribution in [0, 0.1) is 0 Å². The molecule has 0 atom stereocenters. The van der Waals surface area contributed by atoms with E-state index in [1.54, 1.807) is 62.8 Å². The van der Waals surface area contributed by atoms with E-state index < -0.39 is 0 Å². The van der Waals surface area contributed by atoms with Gasteiger partial charge in [0.1, 0.15) is 0 Å². The number of carbonyl (C=O) groups excluding carboxylic acids is 4. The zero-order valence-corrected chi connectivity index (χ0v) is 18.1. The predicted molar refractivity (Wildman–Crippen MR) is 114 cm³/mol. The molecular weight excluding hydrogens is 388 g/mol. The standard InChI is InChI=1S/C11H13NO2.C9H7NO2.C2H6O.H2O/c1-4-6-8-9(7-5-2)11(14)12(3)10(8)13;1-10-8(11)6-4-2-3-5-7(6)9(10)12;1-3-2;/h4-7H,1-3H3;2-5H,1H3;1-2H3;1H2/b6-4-,7-5-;;;. The van der Waals surface area contributed by atoms with E-state index in [1.807, 2.05) is 13.8 Å². The molecule has 3 rings (SSSR count). The van der Waals surface area contributed by atoms with E-state index in [1.165, 1.54) is 14.1 Å². The Labute approximate surface area is 176 Å². The van der Waals surface area contributed by atoms with Gasteiger partial charge in [0.15, 0.2) is 0 Å². The molecule has 30 heavy (non-hydrogen) atoms. The number of imide groups is 2. The summed E-state index contributed by atoms with van der Waals surface area (Å²) in [5.74, 6) is -0.895. The lowest BCUT2D eigenvalue weighted by Gasteiger charge is -2.04. The largest absolute Gasteiger partial charge is 0.412 e. The van der Waals surface area contributed by atoms with Gasteiger partial charge in [-0.2, -0.15) is 0 Å². The fourth-order valence-corrected chi connectivity index (χ4v) is 2.65. The Kier molecular flexibility index (Phi) is 10.9. The van der Waals surface area contributed by atoms with Crippen molar-refractivity contribution < 1.29 is 29.4 Å². The number of allylic oxidation sites excluding steroid dienone is 2. The molecule has 1 aromatic carbocycles. The lowest BCUT2D eigenvalue weighted by Crippen LogP contribution is -2.26. The minimum absolute atomic E-state index is 0. The summed E-state index contributed by atoms with van der Waals surface area (Å²) in [6.45, 7) is 3.63. The Morgan fingerprint density at radius 1 is 0.700 bits per heavy atom. The zero-order valence-electron chi connectivity index (χ0n) is 18.1. The van der Waals surface area contributed by atoms with Crippen LogP contribution in [-0.4, -0.2) is 67.2 Å². The maximum Gasteiger partial charge on any atom is 0.261 e. The molecule has 4 amide bonds. The van der Waals surface area contributed by atoms with Crippen molar-refractivity contribution in [3.05, 3.63) is 70.8 Å². The number of fused-ring (bicyclic) bond motifs is 1. The van der Waals surface area contributed by atoms with E-state index in [-0.39, 0.29) is 29.1 Å². The summed E-state index contributed by atoms with van der Waals surface area (Å²) in [4.78, 5) is 48.0. The highest BCUT2D eigenvalue weighted by molar-refractivity contribution is 6.22. The van der Waals surface area contributed by atoms with E-state index in [4.69, 9.17) is 0 Å². The summed E-state index contributed by atoms with van der Waals surface area (Å²) >= 11 is 0. The first-order chi connectivity index (χ1) is 13.8. The molecular formula is C22H28N2O6. The Bertz CT molecular complexity index is 830. The fraction of sp³-hybridized carbons (Fsp3) is 0.273. The number of benzene rings is 1. The number of nitrogens with zero attached hydrogens (tertiary/aromatic N) is 2. The van der Waals surface area contributed by atoms with Gasteiger partial charge in [-0.05, 0) is 26.0 Å². The van der Waals surface area contributed by atoms with Crippen LogP contribution in [0.3, 0.4) is 0 Å². The number of methoxy groups -OCH3 is 1. The third kappa shape index (κ3) is 5.59. The normalized spacial score (nSPS) is 15.3. The van der Waals surface area contributed by atoms with Crippen LogP contribution >= 0.6 is 0 Å². The summed E-state index contributed by atoms with van der Waals surface area (Å²) in [5.41, 5.74) is 1.95. The van der Waals surface area contributed by atoms with Crippen molar-refractivity contribution in [2.24, 2.45) is 0 Å². The van der Waals surface area contributed by atoms with Crippen LogP contribution in [0.5, 0.6) is 0 Å². The molecule has 2 aliphatic rings. The molecule has 0 spiro atoms. The molecule has 0 saturated carbocycles. The fourth-order valence-electron chi connectivity index (χ4n) is 2.65. The minimum Gasteiger partial charge on any atom is -0.412 e. The highest BCUT2D eigenvalue weighted by atomic mass is 16.4. The van der Waals surface area contributed by atoms with Gasteiger partial charge in [0.2, 0.25) is 0 Å². The molecule has 0 aliphatic carbocycles. The van der Waals surface area contributed by atoms with Gasteiger partial charge in [0.05, 0.1) is 22.3 Å². The van der Waals surface area contributed by atoms with Gasteiger partial charge < -0.3 is 10.2 Å². The first kappa shape index (κ1) is 26.6. The summed E-state index contributed by atoms with van der Waals surface area (Å²) < 4.78 is 4.25. The van der Waals surface area contributed by atoms with Gasteiger partial charge in [-0.3, -0.25) is 29.0 Å². The highest BCUT2D eigenvalue weighted by Crippen LogP contribution is 2.21. The highest BCUT2D eigenvalue weighted by Gasteiger charge is 2.32. The molecule has 2 aliphatic heterocycles. The molecule has 162 valence electrons. The topological polar surface area (TPSA) is 115 Å². The number of ether oxygens (including phenoxy) is 1. The molecule has 0 fully saturated rings. The van der Waals surface area contributed by atoms with Gasteiger partial charge in [-0.1, -0.05) is 36.4 Å². The average Bonchev–Trinajstić information content (AvgIpc) is 3.05. The van der Waals surface area contributed by atoms with Gasteiger partial charge in [0.25, 0.3) is 23.6 Å². The molecule has 2 N–H and O–H groups in total. The van der Waals surface area contributed by atoms with Crippen molar-refractivity contribution in [3.63, 3.8) is 0 Å². The predicted octanol–water partition coefficient (Wildman–Crippen LogP) is 1.78. The molecule has 0 aromatic heterocycles. The van der Waals surface area contributed by atoms with Gasteiger partial charge >= 0.3 is 0 Å². The summed E-state index contributed by atoms with van der Waals surface area (Å²) in [6, 6.07) is 6.84. The third-order valence-corrected chi connectivity index (χ3v) is 4.02. The smallest absolute Gasteiger partial charge is 0.261 e. The molecule has 0 saturated heterocycles. The Morgan fingerprint density at radius 2 is 1.00 bits per heavy atom. The van der Waals surface area contributed by atoms with Crippen LogP contribution in [0.2, 0.25) is 0 Å². The monoisotopic (exact) mass is 416 g/mol. The molecule has 8 nitrogen and oxygen atoms in total. The second-order valence-electron chi connectivity index (χ2n) is 6.12. The Hall–Kier alpha value is -3.36. The number of likely N-dealkylation sites (N-methyl/N-ethyl adjacent to an activating group) is 1. The number of hydrogen-bond donors (Lipinski definition) is 0. The van der Waals surface area contributed by atoms with Crippen molar-refractivity contribution in [2.45, 2.75) is 13.8 Å². The lowest BCUT2D eigenvalue weighted by molar-refractivity contribution is -0.135. The van der Waals surface area contributed by atoms with Crippen molar-refractivity contribution in [1.82, 2.24) is 9.80 Å². The summed E-state index contributed by atoms with van der Waals surface area (Å²) in [7, 11) is 6.23. The van der Waals surface area contributed by atoms with Gasteiger partial charge in [-0.15, -0.1) is 0 Å². The van der Waals surface area contributed by atoms with Crippen molar-refractivity contribution in [1.29, 1.82) is 0 Å². The van der Waals surface area contributed by atoms with E-state index in [0.717, 1.165) is 9.80 Å². The van der Waals surface area contributed by atoms with Crippen LogP contribution < -0.4 is 0 Å². The Balaban J connectivity index is 0.000000485. The van der Waals surface area contributed by atoms with Gasteiger partial charge in [0, 0.05) is 28.3 Å². The lowest BCUT2D eigenvalue weighted by atomic mass is 10.1. The SMILES string of the molecule is C/C=C\C1=C(/C=C\C)C(=O)N(C)C1=O.CN1C(=O)c2ccccc2C1=O.COC.O. The van der Waals surface area contributed by atoms with Crippen LogP contribution in [0.4, 0.5) is 0 Å². The van der Waals surface area contributed by atoms with E-state index >= 15 is 0 Å². The molecule has 2 heterocycles. The average molecular weight is 416 g/mol. The van der Waals surface area contributed by atoms with Crippen molar-refractivity contribution in [2.75, 3.05) is 28.3 Å². The van der Waals surface area contributed by atoms with Gasteiger partial charge in [-0.25, -0.2) is 0 Å². The molecule has 0 bridgehead atoms. The molecule has 0 radical (unpaired) electrons. The quantitative estimate of drug-likeness (QED) is 0.682. The number of carbonyl (C=O) groups is 4. The second-order valence-corrected chi connectivity index (χ2v) is 6.12. The minimum atomic E-state index is -0.235. The maximum atomic E-state index is 11.6. The summed E-state index contributed by atoms with van der Waals surface area (Å²) in [6.07, 6.45) is 6.84. The van der Waals surface area contributed by atoms with E-state index in [2.05, 4.69) is 4.74 Å². The van der Waals surface area contributed by atoms with E-state index in [0.29, 0.717) is 22.3 Å². The van der Waals surface area contributed by atoms with Crippen LogP contribution in [0.25, 0.3) is 0 Å². The first-order valence-corrected chi connectivity index (χ1v) is 8.90. The van der Waals surface area contributed by atoms with Crippen LogP contribution in [0.15, 0.2) is 59.7 Å². The zero-order chi connectivity index (χ0) is 22.1. The van der Waals surface area contributed by atoms with Crippen molar-refractivity contribution >= 4 is 23.6 Å². The van der Waals surface area contributed by atoms with E-state index in [9.17, 15) is 19.2 Å². The number of hydrogen-bond acceptors (Lipinski definition) is 5.